The number of hydrogen-bond acceptors (Lipinski definition) is 5. The maximum Gasteiger partial charge on any atom is 0.410 e. The number of rotatable bonds is 3. The second-order valence-electron chi connectivity index (χ2n) is 4.96. The topological polar surface area (TPSA) is 76.1 Å². The van der Waals surface area contributed by atoms with Crippen molar-refractivity contribution in [2.45, 2.75) is 31.6 Å². The van der Waals surface area contributed by atoms with Crippen molar-refractivity contribution in [1.82, 2.24) is 4.90 Å². The molecule has 1 heterocycles. The minimum absolute atomic E-state index is 0.0768. The van der Waals surface area contributed by atoms with Gasteiger partial charge >= 0.3 is 12.1 Å². The maximum atomic E-state index is 12.1. The Kier molecular flexibility index (Phi) is 5.16. The Morgan fingerprint density at radius 3 is 2.67 bits per heavy atom. The van der Waals surface area contributed by atoms with E-state index in [-0.39, 0.29) is 13.2 Å². The van der Waals surface area contributed by atoms with Crippen molar-refractivity contribution in [2.24, 2.45) is 0 Å². The largest absolute Gasteiger partial charge is 0.467 e. The summed E-state index contributed by atoms with van der Waals surface area (Å²) in [4.78, 5) is 25.1. The van der Waals surface area contributed by atoms with Gasteiger partial charge in [-0.25, -0.2) is 9.59 Å². The van der Waals surface area contributed by atoms with Gasteiger partial charge in [0.1, 0.15) is 12.6 Å². The molecule has 1 aromatic carbocycles. The number of esters is 1. The third kappa shape index (κ3) is 3.95. The van der Waals surface area contributed by atoms with Gasteiger partial charge in [0.2, 0.25) is 0 Å². The normalized spacial score (nSPS) is 21.7. The Balaban J connectivity index is 1.98. The minimum Gasteiger partial charge on any atom is -0.467 e. The number of hydrogen-bond donors (Lipinski definition) is 1. The lowest BCUT2D eigenvalue weighted by Crippen LogP contribution is -2.52. The number of nitrogens with zero attached hydrogens (tertiary/aromatic N) is 1. The van der Waals surface area contributed by atoms with Crippen LogP contribution in [-0.2, 0) is 20.9 Å². The number of aliphatic hydroxyl groups is 1. The molecule has 0 aliphatic carbocycles. The van der Waals surface area contributed by atoms with E-state index in [1.165, 1.54) is 12.0 Å². The number of β-amino-alcohol motifs (C(OH)–C–C–N with tert-alkyl or cyclic N) is 1. The first-order valence-electron chi connectivity index (χ1n) is 6.85. The second-order valence-corrected chi connectivity index (χ2v) is 4.96. The number of aliphatic hydroxyl groups excluding tert-OH is 1. The molecule has 0 spiro atoms. The average molecular weight is 293 g/mol. The highest BCUT2D eigenvalue weighted by atomic mass is 16.6. The fraction of sp³-hybridized carbons (Fsp3) is 0.467. The first kappa shape index (κ1) is 15.3. The van der Waals surface area contributed by atoms with Crippen molar-refractivity contribution in [1.29, 1.82) is 0 Å². The smallest absolute Gasteiger partial charge is 0.410 e. The monoisotopic (exact) mass is 293 g/mol. The van der Waals surface area contributed by atoms with Crippen LogP contribution in [0.5, 0.6) is 0 Å². The van der Waals surface area contributed by atoms with Gasteiger partial charge in [0.05, 0.1) is 19.8 Å². The van der Waals surface area contributed by atoms with Gasteiger partial charge in [-0.05, 0) is 18.4 Å². The van der Waals surface area contributed by atoms with Crippen LogP contribution in [-0.4, -0.2) is 47.9 Å². The first-order valence-corrected chi connectivity index (χ1v) is 6.85. The Bertz CT molecular complexity index is 490. The summed E-state index contributed by atoms with van der Waals surface area (Å²) < 4.78 is 9.91. The standard InChI is InChI=1S/C15H19NO5/c1-20-14(18)13-8-7-12(17)9-16(13)15(19)21-10-11-5-3-2-4-6-11/h2-6,12-13,17H,7-10H2,1H3/t12-,13-/m1/s1. The molecule has 21 heavy (non-hydrogen) atoms. The van der Waals surface area contributed by atoms with Gasteiger partial charge in [-0.1, -0.05) is 30.3 Å². The fourth-order valence-electron chi connectivity index (χ4n) is 2.34. The third-order valence-electron chi connectivity index (χ3n) is 3.47. The molecule has 1 fully saturated rings. The zero-order chi connectivity index (χ0) is 15.2. The van der Waals surface area contributed by atoms with Crippen molar-refractivity contribution in [3.05, 3.63) is 35.9 Å². The summed E-state index contributed by atoms with van der Waals surface area (Å²) in [7, 11) is 1.28. The number of benzene rings is 1. The van der Waals surface area contributed by atoms with Crippen LogP contribution < -0.4 is 0 Å². The van der Waals surface area contributed by atoms with Crippen LogP contribution >= 0.6 is 0 Å². The van der Waals surface area contributed by atoms with Crippen molar-refractivity contribution in [2.75, 3.05) is 13.7 Å². The Labute approximate surface area is 123 Å². The van der Waals surface area contributed by atoms with E-state index in [1.54, 1.807) is 0 Å². The number of likely N-dealkylation sites (tertiary alicyclic amines) is 1. The number of amides is 1. The summed E-state index contributed by atoms with van der Waals surface area (Å²) in [5.74, 6) is -0.487. The van der Waals surface area contributed by atoms with E-state index in [0.29, 0.717) is 12.8 Å². The minimum atomic E-state index is -0.693. The molecular weight excluding hydrogens is 274 g/mol. The van der Waals surface area contributed by atoms with Gasteiger partial charge in [0.15, 0.2) is 0 Å². The quantitative estimate of drug-likeness (QED) is 0.851. The molecule has 2 rings (SSSR count). The summed E-state index contributed by atoms with van der Waals surface area (Å²) in [5.41, 5.74) is 0.859. The first-order chi connectivity index (χ1) is 10.1. The SMILES string of the molecule is COC(=O)[C@H]1CC[C@@H](O)CN1C(=O)OCc1ccccc1. The van der Waals surface area contributed by atoms with Crippen molar-refractivity contribution >= 4 is 12.1 Å². The van der Waals surface area contributed by atoms with Gasteiger partial charge in [0.25, 0.3) is 0 Å². The molecule has 114 valence electrons. The third-order valence-corrected chi connectivity index (χ3v) is 3.47. The molecule has 6 nitrogen and oxygen atoms in total. The van der Waals surface area contributed by atoms with Gasteiger partial charge in [-0.15, -0.1) is 0 Å². The zero-order valence-electron chi connectivity index (χ0n) is 11.9. The molecule has 1 aliphatic heterocycles. The van der Waals surface area contributed by atoms with Crippen LogP contribution in [0, 0.1) is 0 Å². The van der Waals surface area contributed by atoms with E-state index < -0.39 is 24.2 Å². The van der Waals surface area contributed by atoms with Gasteiger partial charge in [0, 0.05) is 0 Å². The van der Waals surface area contributed by atoms with Crippen LogP contribution in [0.25, 0.3) is 0 Å². The van der Waals surface area contributed by atoms with Crippen LogP contribution in [0.15, 0.2) is 30.3 Å². The predicted molar refractivity (Wildman–Crippen MR) is 74.4 cm³/mol. The van der Waals surface area contributed by atoms with E-state index in [0.717, 1.165) is 5.56 Å². The van der Waals surface area contributed by atoms with Crippen molar-refractivity contribution < 1.29 is 24.2 Å². The summed E-state index contributed by atoms with van der Waals surface area (Å²) in [6.07, 6.45) is -0.431. The van der Waals surface area contributed by atoms with Crippen LogP contribution in [0.2, 0.25) is 0 Å². The van der Waals surface area contributed by atoms with E-state index in [2.05, 4.69) is 0 Å². The number of piperidine rings is 1. The molecule has 1 saturated heterocycles. The van der Waals surface area contributed by atoms with E-state index in [4.69, 9.17) is 9.47 Å². The molecule has 1 amide bonds. The van der Waals surface area contributed by atoms with Gasteiger partial charge in [-0.3, -0.25) is 4.90 Å². The molecule has 0 radical (unpaired) electrons. The molecule has 1 aliphatic rings. The molecule has 0 aromatic heterocycles. The number of methoxy groups -OCH3 is 1. The molecule has 0 bridgehead atoms. The van der Waals surface area contributed by atoms with E-state index in [1.807, 2.05) is 30.3 Å². The molecule has 0 unspecified atom stereocenters. The molecule has 1 N–H and O–H groups in total. The van der Waals surface area contributed by atoms with E-state index in [9.17, 15) is 14.7 Å². The second kappa shape index (κ2) is 7.08. The van der Waals surface area contributed by atoms with Crippen LogP contribution in [0.3, 0.4) is 0 Å². The molecule has 0 saturated carbocycles. The Hall–Kier alpha value is -2.08. The van der Waals surface area contributed by atoms with Crippen LogP contribution in [0.1, 0.15) is 18.4 Å². The summed E-state index contributed by atoms with van der Waals surface area (Å²) in [5, 5.41) is 9.68. The fourth-order valence-corrected chi connectivity index (χ4v) is 2.34. The lowest BCUT2D eigenvalue weighted by atomic mass is 10.0. The maximum absolute atomic E-state index is 12.1. The Morgan fingerprint density at radius 1 is 1.29 bits per heavy atom. The zero-order valence-corrected chi connectivity index (χ0v) is 11.9. The van der Waals surface area contributed by atoms with Crippen molar-refractivity contribution in [3.8, 4) is 0 Å². The summed E-state index contributed by atoms with van der Waals surface area (Å²) in [6, 6.07) is 8.57. The van der Waals surface area contributed by atoms with Crippen molar-refractivity contribution in [3.63, 3.8) is 0 Å². The summed E-state index contributed by atoms with van der Waals surface area (Å²) in [6.45, 7) is 0.202. The van der Waals surface area contributed by atoms with Gasteiger partial charge < -0.3 is 14.6 Å². The summed E-state index contributed by atoms with van der Waals surface area (Å²) >= 11 is 0. The Morgan fingerprint density at radius 2 is 2.00 bits per heavy atom. The predicted octanol–water partition coefficient (Wildman–Crippen LogP) is 1.32. The molecule has 1 aromatic rings. The molecule has 2 atom stereocenters. The average Bonchev–Trinajstić information content (AvgIpc) is 2.52. The number of ether oxygens (including phenoxy) is 2. The highest BCUT2D eigenvalue weighted by molar-refractivity contribution is 5.81. The van der Waals surface area contributed by atoms with Crippen LogP contribution in [0.4, 0.5) is 4.79 Å². The lowest BCUT2D eigenvalue weighted by Gasteiger charge is -2.35. The highest BCUT2D eigenvalue weighted by Gasteiger charge is 2.37. The molecular formula is C15H19NO5. The van der Waals surface area contributed by atoms with E-state index >= 15 is 0 Å². The van der Waals surface area contributed by atoms with Gasteiger partial charge in [-0.2, -0.15) is 0 Å². The number of carbonyl (C=O) groups is 2. The molecule has 6 heteroatoms. The lowest BCUT2D eigenvalue weighted by molar-refractivity contribution is -0.148. The number of carbonyl (C=O) groups excluding carboxylic acids is 2. The highest BCUT2D eigenvalue weighted by Crippen LogP contribution is 2.20.